The van der Waals surface area contributed by atoms with E-state index in [0.29, 0.717) is 5.92 Å². The zero-order valence-electron chi connectivity index (χ0n) is 15.9. The molecule has 1 aliphatic rings. The van der Waals surface area contributed by atoms with Gasteiger partial charge in [-0.05, 0) is 42.3 Å². The summed E-state index contributed by atoms with van der Waals surface area (Å²) in [5.41, 5.74) is 2.29. The Morgan fingerprint density at radius 1 is 1.31 bits per heavy atom. The molecule has 3 rings (SSSR count). The summed E-state index contributed by atoms with van der Waals surface area (Å²) < 4.78 is 0. The van der Waals surface area contributed by atoms with Crippen molar-refractivity contribution >= 4 is 29.4 Å². The van der Waals surface area contributed by atoms with Gasteiger partial charge in [0.1, 0.15) is 5.82 Å². The Morgan fingerprint density at radius 2 is 2.04 bits per heavy atom. The van der Waals surface area contributed by atoms with Crippen LogP contribution in [0.15, 0.2) is 24.3 Å². The van der Waals surface area contributed by atoms with Crippen molar-refractivity contribution in [3.05, 3.63) is 30.1 Å². The summed E-state index contributed by atoms with van der Waals surface area (Å²) in [6.45, 7) is 9.75. The lowest BCUT2D eigenvalue weighted by Gasteiger charge is -2.40. The number of nitrogens with one attached hydrogen (secondary N) is 1. The van der Waals surface area contributed by atoms with E-state index in [4.69, 9.17) is 4.98 Å². The van der Waals surface area contributed by atoms with Crippen LogP contribution in [0.1, 0.15) is 39.4 Å². The molecular formula is C20H30ClN3O2. The summed E-state index contributed by atoms with van der Waals surface area (Å²) in [6, 6.07) is 8.04. The normalized spacial score (nSPS) is 21.5. The number of benzene rings is 1. The van der Waals surface area contributed by atoms with Crippen molar-refractivity contribution in [3.8, 4) is 0 Å². The van der Waals surface area contributed by atoms with Crippen LogP contribution in [-0.2, 0) is 11.2 Å². The number of imidazole rings is 1. The largest absolute Gasteiger partial charge is 0.481 e. The second-order valence-electron chi connectivity index (χ2n) is 8.61. The van der Waals surface area contributed by atoms with E-state index in [1.165, 1.54) is 0 Å². The monoisotopic (exact) mass is 379 g/mol. The number of likely N-dealkylation sites (tertiary alicyclic amines) is 1. The molecule has 0 radical (unpaired) electrons. The molecule has 144 valence electrons. The number of aromatic nitrogens is 2. The maximum atomic E-state index is 11.3. The van der Waals surface area contributed by atoms with Gasteiger partial charge in [0.2, 0.25) is 0 Å². The van der Waals surface area contributed by atoms with E-state index in [9.17, 15) is 9.90 Å². The molecule has 0 unspecified atom stereocenters. The Kier molecular flexibility index (Phi) is 6.69. The molecule has 1 aromatic heterocycles. The topological polar surface area (TPSA) is 69.2 Å². The number of fused-ring (bicyclic) bond motifs is 1. The van der Waals surface area contributed by atoms with Crippen LogP contribution in [0, 0.1) is 17.3 Å². The molecule has 2 N–H and O–H groups in total. The first-order chi connectivity index (χ1) is 11.8. The molecule has 0 aliphatic carbocycles. The standard InChI is InChI=1S/C20H29N3O2.ClH/c1-20(2,3)13-23-9-8-14(11-19(24)25)15(12-23)10-18-21-16-6-4-5-7-17(16)22-18;/h4-7,14-15H,8-13H2,1-3H3,(H,21,22)(H,24,25);1H/t14-,15-;/m0./s1. The Morgan fingerprint density at radius 3 is 2.69 bits per heavy atom. The summed E-state index contributed by atoms with van der Waals surface area (Å²) >= 11 is 0. The molecule has 1 saturated heterocycles. The van der Waals surface area contributed by atoms with E-state index < -0.39 is 5.97 Å². The summed E-state index contributed by atoms with van der Waals surface area (Å²) in [7, 11) is 0. The molecule has 1 fully saturated rings. The van der Waals surface area contributed by atoms with Gasteiger partial charge in [-0.25, -0.2) is 4.98 Å². The van der Waals surface area contributed by atoms with Crippen LogP contribution in [0.2, 0.25) is 0 Å². The lowest BCUT2D eigenvalue weighted by molar-refractivity contribution is -0.139. The Bertz CT molecular complexity index is 705. The molecule has 0 bridgehead atoms. The van der Waals surface area contributed by atoms with Crippen molar-refractivity contribution in [2.45, 2.75) is 40.0 Å². The zero-order chi connectivity index (χ0) is 18.0. The van der Waals surface area contributed by atoms with Gasteiger partial charge in [0.25, 0.3) is 0 Å². The number of H-pyrrole nitrogens is 1. The molecule has 5 nitrogen and oxygen atoms in total. The van der Waals surface area contributed by atoms with E-state index >= 15 is 0 Å². The summed E-state index contributed by atoms with van der Waals surface area (Å²) in [6.07, 6.45) is 2.02. The van der Waals surface area contributed by atoms with Crippen LogP contribution >= 0.6 is 12.4 Å². The van der Waals surface area contributed by atoms with Gasteiger partial charge in [0.05, 0.1) is 11.0 Å². The van der Waals surface area contributed by atoms with Crippen molar-refractivity contribution in [1.29, 1.82) is 0 Å². The Labute approximate surface area is 161 Å². The minimum absolute atomic E-state index is 0. The lowest BCUT2D eigenvalue weighted by atomic mass is 9.80. The van der Waals surface area contributed by atoms with Crippen LogP contribution in [0.5, 0.6) is 0 Å². The van der Waals surface area contributed by atoms with Crippen molar-refractivity contribution in [2.75, 3.05) is 19.6 Å². The molecule has 6 heteroatoms. The molecule has 0 amide bonds. The predicted octanol–water partition coefficient (Wildman–Crippen LogP) is 3.99. The van der Waals surface area contributed by atoms with E-state index in [1.54, 1.807) is 0 Å². The number of carboxylic acid groups (broad SMARTS) is 1. The first-order valence-electron chi connectivity index (χ1n) is 9.18. The number of aliphatic carboxylic acids is 1. The van der Waals surface area contributed by atoms with Crippen molar-refractivity contribution in [2.24, 2.45) is 17.3 Å². The first-order valence-corrected chi connectivity index (χ1v) is 9.18. The highest BCUT2D eigenvalue weighted by Gasteiger charge is 2.32. The third kappa shape index (κ3) is 5.45. The van der Waals surface area contributed by atoms with Crippen molar-refractivity contribution in [3.63, 3.8) is 0 Å². The third-order valence-corrected chi connectivity index (χ3v) is 5.00. The van der Waals surface area contributed by atoms with Gasteiger partial charge in [0, 0.05) is 25.9 Å². The second-order valence-corrected chi connectivity index (χ2v) is 8.61. The van der Waals surface area contributed by atoms with Crippen LogP contribution in [0.3, 0.4) is 0 Å². The summed E-state index contributed by atoms with van der Waals surface area (Å²) in [5.74, 6) is 0.831. The van der Waals surface area contributed by atoms with Gasteiger partial charge >= 0.3 is 5.97 Å². The minimum Gasteiger partial charge on any atom is -0.481 e. The molecule has 2 atom stereocenters. The fourth-order valence-electron chi connectivity index (χ4n) is 4.05. The second kappa shape index (κ2) is 8.40. The highest BCUT2D eigenvalue weighted by molar-refractivity contribution is 5.85. The number of piperidine rings is 1. The molecule has 26 heavy (non-hydrogen) atoms. The number of hydrogen-bond donors (Lipinski definition) is 2. The zero-order valence-corrected chi connectivity index (χ0v) is 16.7. The fraction of sp³-hybridized carbons (Fsp3) is 0.600. The van der Waals surface area contributed by atoms with Crippen molar-refractivity contribution in [1.82, 2.24) is 14.9 Å². The Hall–Kier alpha value is -1.59. The van der Waals surface area contributed by atoms with Crippen molar-refractivity contribution < 1.29 is 9.90 Å². The number of rotatable bonds is 5. The smallest absolute Gasteiger partial charge is 0.303 e. The maximum Gasteiger partial charge on any atom is 0.303 e. The highest BCUT2D eigenvalue weighted by Crippen LogP contribution is 2.31. The Balaban J connectivity index is 0.00000243. The van der Waals surface area contributed by atoms with Crippen LogP contribution in [-0.4, -0.2) is 45.6 Å². The van der Waals surface area contributed by atoms with E-state index in [2.05, 4.69) is 30.7 Å². The first kappa shape index (κ1) is 20.7. The number of halogens is 1. The number of hydrogen-bond acceptors (Lipinski definition) is 3. The number of aromatic amines is 1. The van der Waals surface area contributed by atoms with Crippen LogP contribution < -0.4 is 0 Å². The van der Waals surface area contributed by atoms with Gasteiger partial charge in [-0.3, -0.25) is 4.79 Å². The number of nitrogens with zero attached hydrogens (tertiary/aromatic N) is 2. The lowest BCUT2D eigenvalue weighted by Crippen LogP contribution is -2.45. The summed E-state index contributed by atoms with van der Waals surface area (Å²) in [4.78, 5) is 21.9. The number of para-hydroxylation sites is 2. The van der Waals surface area contributed by atoms with Gasteiger partial charge in [-0.2, -0.15) is 0 Å². The van der Waals surface area contributed by atoms with Crippen LogP contribution in [0.4, 0.5) is 0 Å². The fourth-order valence-corrected chi connectivity index (χ4v) is 4.05. The quantitative estimate of drug-likeness (QED) is 0.824. The van der Waals surface area contributed by atoms with E-state index in [0.717, 1.165) is 49.3 Å². The molecule has 2 aromatic rings. The molecule has 0 spiro atoms. The highest BCUT2D eigenvalue weighted by atomic mass is 35.5. The molecule has 2 heterocycles. The molecule has 1 aliphatic heterocycles. The number of carbonyl (C=O) groups is 1. The average Bonchev–Trinajstić information content (AvgIpc) is 2.90. The van der Waals surface area contributed by atoms with Gasteiger partial charge < -0.3 is 15.0 Å². The SMILES string of the molecule is CC(C)(C)CN1CC[C@@H](CC(=O)O)[C@@H](Cc2nc3ccccc3[nH]2)C1.Cl. The van der Waals surface area contributed by atoms with Gasteiger partial charge in [-0.15, -0.1) is 12.4 Å². The number of carboxylic acids is 1. The summed E-state index contributed by atoms with van der Waals surface area (Å²) in [5, 5.41) is 9.28. The maximum absolute atomic E-state index is 11.3. The molecule has 0 saturated carbocycles. The van der Waals surface area contributed by atoms with Gasteiger partial charge in [0.15, 0.2) is 0 Å². The van der Waals surface area contributed by atoms with Crippen LogP contribution in [0.25, 0.3) is 11.0 Å². The molecular weight excluding hydrogens is 350 g/mol. The minimum atomic E-state index is -0.691. The predicted molar refractivity (Wildman–Crippen MR) is 107 cm³/mol. The van der Waals surface area contributed by atoms with Gasteiger partial charge in [-0.1, -0.05) is 32.9 Å². The third-order valence-electron chi connectivity index (χ3n) is 5.00. The van der Waals surface area contributed by atoms with E-state index in [-0.39, 0.29) is 30.2 Å². The average molecular weight is 380 g/mol. The molecule has 1 aromatic carbocycles. The van der Waals surface area contributed by atoms with E-state index in [1.807, 2.05) is 24.3 Å².